The van der Waals surface area contributed by atoms with Crippen molar-refractivity contribution >= 4 is 0 Å². The lowest BCUT2D eigenvalue weighted by Crippen LogP contribution is -2.15. The Kier molecular flexibility index (Phi) is 18.1. The maximum absolute atomic E-state index is 5.63. The van der Waals surface area contributed by atoms with Gasteiger partial charge in [-0.1, -0.05) is 6.07 Å². The number of nitrogens with zero attached hydrogens (tertiary/aromatic N) is 1. The fourth-order valence-corrected chi connectivity index (χ4v) is 2.70. The molecule has 0 amide bonds. The maximum atomic E-state index is 5.63. The number of hydrogen-bond donors (Lipinski definition) is 0. The van der Waals surface area contributed by atoms with E-state index in [9.17, 15) is 0 Å². The lowest BCUT2D eigenvalue weighted by atomic mass is 10.3. The van der Waals surface area contributed by atoms with Gasteiger partial charge in [0.15, 0.2) is 0 Å². The topological polar surface area (TPSA) is 96.0 Å². The molecular formula is C23H39NO9. The first-order valence-corrected chi connectivity index (χ1v) is 11.6. The summed E-state index contributed by atoms with van der Waals surface area (Å²) in [6, 6.07) is 5.82. The second-order valence-corrected chi connectivity index (χ2v) is 7.01. The van der Waals surface area contributed by atoms with Gasteiger partial charge in [-0.25, -0.2) is 0 Å². The molecule has 190 valence electrons. The fourth-order valence-electron chi connectivity index (χ4n) is 2.70. The molecule has 0 saturated heterocycles. The second-order valence-electron chi connectivity index (χ2n) is 7.01. The third kappa shape index (κ3) is 17.0. The quantitative estimate of drug-likeness (QED) is 0.548. The van der Waals surface area contributed by atoms with E-state index >= 15 is 0 Å². The van der Waals surface area contributed by atoms with Crippen LogP contribution in [0.5, 0.6) is 0 Å². The minimum atomic E-state index is 0.433. The zero-order valence-electron chi connectivity index (χ0n) is 19.6. The summed E-state index contributed by atoms with van der Waals surface area (Å²) >= 11 is 0. The number of rotatable bonds is 0. The van der Waals surface area contributed by atoms with Crippen LogP contribution >= 0.6 is 0 Å². The van der Waals surface area contributed by atoms with E-state index in [2.05, 4.69) is 4.98 Å². The number of hydrogen-bond acceptors (Lipinski definition) is 10. The highest BCUT2D eigenvalue weighted by molar-refractivity contribution is 5.09. The first-order chi connectivity index (χ1) is 16.4. The van der Waals surface area contributed by atoms with Crippen molar-refractivity contribution in [2.24, 2.45) is 0 Å². The van der Waals surface area contributed by atoms with Crippen LogP contribution in [0.3, 0.4) is 0 Å². The third-order valence-electron chi connectivity index (χ3n) is 4.34. The smallest absolute Gasteiger partial charge is 0.0889 e. The molecule has 1 aliphatic rings. The van der Waals surface area contributed by atoms with E-state index in [1.165, 1.54) is 0 Å². The van der Waals surface area contributed by atoms with Gasteiger partial charge >= 0.3 is 0 Å². The molecule has 1 aromatic rings. The Morgan fingerprint density at radius 1 is 0.364 bits per heavy atom. The lowest BCUT2D eigenvalue weighted by molar-refractivity contribution is -0.0260. The van der Waals surface area contributed by atoms with Crippen LogP contribution in [0.4, 0.5) is 0 Å². The number of ether oxygens (including phenoxy) is 9. The first-order valence-electron chi connectivity index (χ1n) is 11.6. The summed E-state index contributed by atoms with van der Waals surface area (Å²) in [6.07, 6.45) is 0. The summed E-state index contributed by atoms with van der Waals surface area (Å²) in [5.74, 6) is 0. The normalized spacial score (nSPS) is 21.7. The molecule has 0 spiro atoms. The van der Waals surface area contributed by atoms with Gasteiger partial charge in [0.2, 0.25) is 0 Å². The summed E-state index contributed by atoms with van der Waals surface area (Å²) in [6.45, 7) is 9.20. The molecule has 33 heavy (non-hydrogen) atoms. The predicted octanol–water partition coefficient (Wildman–Crippen LogP) is 1.24. The van der Waals surface area contributed by atoms with Gasteiger partial charge in [0.05, 0.1) is 130 Å². The van der Waals surface area contributed by atoms with Crippen LogP contribution in [0.1, 0.15) is 11.4 Å². The predicted molar refractivity (Wildman–Crippen MR) is 119 cm³/mol. The standard InChI is InChI=1S/C23H39NO9/c1-2-22-20-32-18-16-30-14-12-28-10-8-26-6-4-25-5-7-27-9-11-29-13-15-31-17-19-33-21-23(3-1)24-22/h1-3H,4-21H2. The van der Waals surface area contributed by atoms with E-state index in [1.807, 2.05) is 18.2 Å². The molecule has 0 radical (unpaired) electrons. The molecule has 0 unspecified atom stereocenters. The van der Waals surface area contributed by atoms with Crippen LogP contribution in [0.25, 0.3) is 0 Å². The van der Waals surface area contributed by atoms with Crippen molar-refractivity contribution < 1.29 is 42.6 Å². The van der Waals surface area contributed by atoms with Gasteiger partial charge in [-0.2, -0.15) is 0 Å². The molecule has 0 aromatic carbocycles. The van der Waals surface area contributed by atoms with E-state index in [-0.39, 0.29) is 0 Å². The molecule has 2 heterocycles. The Bertz CT molecular complexity index is 521. The van der Waals surface area contributed by atoms with Gasteiger partial charge in [0, 0.05) is 0 Å². The Morgan fingerprint density at radius 3 is 0.879 bits per heavy atom. The highest BCUT2D eigenvalue weighted by Gasteiger charge is 2.00. The van der Waals surface area contributed by atoms with Crippen molar-refractivity contribution in [1.82, 2.24) is 4.98 Å². The van der Waals surface area contributed by atoms with Crippen LogP contribution < -0.4 is 0 Å². The average molecular weight is 474 g/mol. The molecule has 1 aliphatic heterocycles. The number of aromatic nitrogens is 1. The van der Waals surface area contributed by atoms with E-state index < -0.39 is 0 Å². The van der Waals surface area contributed by atoms with Crippen molar-refractivity contribution in [1.29, 1.82) is 0 Å². The molecule has 2 bridgehead atoms. The summed E-state index contributed by atoms with van der Waals surface area (Å²) in [4.78, 5) is 4.55. The molecule has 1 aromatic heterocycles. The van der Waals surface area contributed by atoms with Crippen LogP contribution in [0, 0.1) is 0 Å². The Morgan fingerprint density at radius 2 is 0.606 bits per heavy atom. The maximum Gasteiger partial charge on any atom is 0.0889 e. The number of pyridine rings is 1. The molecule has 0 saturated carbocycles. The molecule has 0 atom stereocenters. The van der Waals surface area contributed by atoms with Crippen molar-refractivity contribution in [2.45, 2.75) is 13.2 Å². The van der Waals surface area contributed by atoms with Gasteiger partial charge in [-0.05, 0) is 12.1 Å². The number of fused-ring (bicyclic) bond motifs is 2. The van der Waals surface area contributed by atoms with Gasteiger partial charge in [0.1, 0.15) is 0 Å². The minimum absolute atomic E-state index is 0.433. The Hall–Kier alpha value is -1.21. The van der Waals surface area contributed by atoms with Crippen molar-refractivity contribution in [3.8, 4) is 0 Å². The fraction of sp³-hybridized carbons (Fsp3) is 0.783. The molecule has 0 aliphatic carbocycles. The van der Waals surface area contributed by atoms with E-state index in [0.717, 1.165) is 11.4 Å². The van der Waals surface area contributed by atoms with Crippen LogP contribution in [0.15, 0.2) is 18.2 Å². The summed E-state index contributed by atoms with van der Waals surface area (Å²) < 4.78 is 49.5. The average Bonchev–Trinajstić information content (AvgIpc) is 2.83. The van der Waals surface area contributed by atoms with Gasteiger partial charge in [-0.15, -0.1) is 0 Å². The van der Waals surface area contributed by atoms with Gasteiger partial charge in [0.25, 0.3) is 0 Å². The molecular weight excluding hydrogens is 434 g/mol. The lowest BCUT2D eigenvalue weighted by Gasteiger charge is -2.09. The molecule has 10 heteroatoms. The molecule has 0 N–H and O–H groups in total. The Labute approximate surface area is 196 Å². The largest absolute Gasteiger partial charge is 0.377 e. The SMILES string of the molecule is c1cc2nc(c1)COCCOCCOCCOCCOCCOCCOCCOCCOC2. The highest BCUT2D eigenvalue weighted by atomic mass is 16.6. The zero-order chi connectivity index (χ0) is 23.1. The summed E-state index contributed by atoms with van der Waals surface area (Å²) in [5, 5.41) is 0. The Balaban J connectivity index is 1.60. The molecule has 0 fully saturated rings. The second kappa shape index (κ2) is 21.3. The first kappa shape index (κ1) is 28.0. The minimum Gasteiger partial charge on any atom is -0.377 e. The van der Waals surface area contributed by atoms with E-state index in [0.29, 0.717) is 119 Å². The van der Waals surface area contributed by atoms with Crippen LogP contribution in [-0.2, 0) is 55.8 Å². The highest BCUT2D eigenvalue weighted by Crippen LogP contribution is 2.03. The van der Waals surface area contributed by atoms with Crippen LogP contribution in [0.2, 0.25) is 0 Å². The molecule has 10 nitrogen and oxygen atoms in total. The molecule has 2 rings (SSSR count). The van der Waals surface area contributed by atoms with Crippen molar-refractivity contribution in [3.05, 3.63) is 29.6 Å². The monoisotopic (exact) mass is 473 g/mol. The van der Waals surface area contributed by atoms with Gasteiger partial charge < -0.3 is 42.6 Å². The van der Waals surface area contributed by atoms with Crippen molar-refractivity contribution in [3.63, 3.8) is 0 Å². The van der Waals surface area contributed by atoms with E-state index in [1.54, 1.807) is 0 Å². The zero-order valence-corrected chi connectivity index (χ0v) is 19.6. The van der Waals surface area contributed by atoms with Crippen molar-refractivity contribution in [2.75, 3.05) is 106 Å². The van der Waals surface area contributed by atoms with E-state index in [4.69, 9.17) is 42.6 Å². The third-order valence-corrected chi connectivity index (χ3v) is 4.34. The van der Waals surface area contributed by atoms with Gasteiger partial charge in [-0.3, -0.25) is 4.98 Å². The summed E-state index contributed by atoms with van der Waals surface area (Å²) in [7, 11) is 0. The van der Waals surface area contributed by atoms with Crippen LogP contribution in [-0.4, -0.2) is 111 Å². The summed E-state index contributed by atoms with van der Waals surface area (Å²) in [5.41, 5.74) is 1.73.